The summed E-state index contributed by atoms with van der Waals surface area (Å²) in [7, 11) is 1.41. The standard InChI is InChI=1S/C23H31ClO4/c1-28-21(26)8-5-3-2-4-7-18-19(24)15-20(25)22(18)16-9-11-17(12-10-16)23(27)13-6-14-23/h2,4,9-12,18-20,22,25,27H,3,5-8,13-15H2,1H3/t18-,19+,20+,22+/m0/s1. The lowest BCUT2D eigenvalue weighted by atomic mass is 9.74. The van der Waals surface area contributed by atoms with Gasteiger partial charge in [-0.15, -0.1) is 11.6 Å². The lowest BCUT2D eigenvalue weighted by Gasteiger charge is -2.37. The Morgan fingerprint density at radius 3 is 2.61 bits per heavy atom. The van der Waals surface area contributed by atoms with Gasteiger partial charge < -0.3 is 14.9 Å². The highest BCUT2D eigenvalue weighted by atomic mass is 35.5. The first-order valence-corrected chi connectivity index (χ1v) is 10.7. The number of alkyl halides is 1. The van der Waals surface area contributed by atoms with Gasteiger partial charge in [-0.1, -0.05) is 36.4 Å². The summed E-state index contributed by atoms with van der Waals surface area (Å²) in [6, 6.07) is 8.09. The van der Waals surface area contributed by atoms with E-state index in [0.29, 0.717) is 12.8 Å². The van der Waals surface area contributed by atoms with Gasteiger partial charge >= 0.3 is 5.97 Å². The van der Waals surface area contributed by atoms with Crippen LogP contribution in [0.25, 0.3) is 0 Å². The van der Waals surface area contributed by atoms with Gasteiger partial charge in [0.1, 0.15) is 0 Å². The van der Waals surface area contributed by atoms with Gasteiger partial charge in [-0.25, -0.2) is 0 Å². The summed E-state index contributed by atoms with van der Waals surface area (Å²) >= 11 is 6.56. The normalized spacial score (nSPS) is 29.0. The van der Waals surface area contributed by atoms with Gasteiger partial charge in [0, 0.05) is 17.7 Å². The van der Waals surface area contributed by atoms with Crippen LogP contribution in [0.4, 0.5) is 0 Å². The van der Waals surface area contributed by atoms with E-state index in [-0.39, 0.29) is 23.2 Å². The number of aliphatic hydroxyl groups is 2. The third-order valence-electron chi connectivity index (χ3n) is 6.37. The molecule has 2 fully saturated rings. The third-order valence-corrected chi connectivity index (χ3v) is 6.88. The number of esters is 1. The van der Waals surface area contributed by atoms with Gasteiger partial charge in [-0.3, -0.25) is 4.79 Å². The Labute approximate surface area is 172 Å². The van der Waals surface area contributed by atoms with Crippen LogP contribution in [-0.4, -0.2) is 34.8 Å². The highest BCUT2D eigenvalue weighted by molar-refractivity contribution is 6.21. The van der Waals surface area contributed by atoms with Crippen LogP contribution >= 0.6 is 11.6 Å². The monoisotopic (exact) mass is 406 g/mol. The molecular formula is C23H31ClO4. The largest absolute Gasteiger partial charge is 0.469 e. The number of unbranched alkanes of at least 4 members (excludes halogenated alkanes) is 1. The molecule has 154 valence electrons. The number of rotatable bonds is 8. The third kappa shape index (κ3) is 4.79. The fraction of sp³-hybridized carbons (Fsp3) is 0.609. The molecule has 0 saturated heterocycles. The van der Waals surface area contributed by atoms with Crippen LogP contribution < -0.4 is 0 Å². The van der Waals surface area contributed by atoms with E-state index in [1.807, 2.05) is 24.3 Å². The average Bonchev–Trinajstić information content (AvgIpc) is 2.95. The van der Waals surface area contributed by atoms with E-state index >= 15 is 0 Å². The zero-order chi connectivity index (χ0) is 20.1. The number of methoxy groups -OCH3 is 1. The number of carbonyl (C=O) groups excluding carboxylic acids is 1. The summed E-state index contributed by atoms with van der Waals surface area (Å²) < 4.78 is 4.64. The van der Waals surface area contributed by atoms with Crippen molar-refractivity contribution in [2.75, 3.05) is 7.11 Å². The summed E-state index contributed by atoms with van der Waals surface area (Å²) in [5.41, 5.74) is 1.40. The first kappa shape index (κ1) is 21.4. The number of hydrogen-bond acceptors (Lipinski definition) is 4. The number of allylic oxidation sites excluding steroid dienone is 2. The molecule has 3 rings (SSSR count). The quantitative estimate of drug-likeness (QED) is 0.290. The van der Waals surface area contributed by atoms with E-state index in [2.05, 4.69) is 16.9 Å². The number of benzene rings is 1. The molecule has 28 heavy (non-hydrogen) atoms. The lowest BCUT2D eigenvalue weighted by Crippen LogP contribution is -2.33. The second kappa shape index (κ2) is 9.43. The molecule has 5 heteroatoms. The molecule has 4 atom stereocenters. The minimum absolute atomic E-state index is 0.00676. The first-order valence-electron chi connectivity index (χ1n) is 10.3. The molecule has 1 aromatic rings. The Morgan fingerprint density at radius 1 is 1.29 bits per heavy atom. The molecule has 0 unspecified atom stereocenters. The molecule has 0 heterocycles. The van der Waals surface area contributed by atoms with Crippen molar-refractivity contribution in [3.8, 4) is 0 Å². The maximum Gasteiger partial charge on any atom is 0.305 e. The van der Waals surface area contributed by atoms with Crippen molar-refractivity contribution >= 4 is 17.6 Å². The summed E-state index contributed by atoms with van der Waals surface area (Å²) in [4.78, 5) is 11.1. The van der Waals surface area contributed by atoms with Crippen LogP contribution in [-0.2, 0) is 15.1 Å². The smallest absolute Gasteiger partial charge is 0.305 e. The number of hydrogen-bond donors (Lipinski definition) is 2. The van der Waals surface area contributed by atoms with Crippen LogP contribution in [0.3, 0.4) is 0 Å². The molecule has 2 aliphatic rings. The molecule has 0 bridgehead atoms. The Balaban J connectivity index is 1.60. The van der Waals surface area contributed by atoms with Crippen molar-refractivity contribution in [1.82, 2.24) is 0 Å². The minimum atomic E-state index is -0.659. The van der Waals surface area contributed by atoms with Crippen molar-refractivity contribution < 1.29 is 19.7 Å². The van der Waals surface area contributed by atoms with E-state index in [9.17, 15) is 15.0 Å². The zero-order valence-corrected chi connectivity index (χ0v) is 17.3. The summed E-state index contributed by atoms with van der Waals surface area (Å²) in [5.74, 6) is 0.00155. The van der Waals surface area contributed by atoms with Crippen molar-refractivity contribution in [3.63, 3.8) is 0 Å². The zero-order valence-electron chi connectivity index (χ0n) is 16.5. The number of carbonyl (C=O) groups is 1. The van der Waals surface area contributed by atoms with Crippen LogP contribution in [0, 0.1) is 5.92 Å². The highest BCUT2D eigenvalue weighted by Crippen LogP contribution is 2.46. The molecule has 2 saturated carbocycles. The number of aliphatic hydroxyl groups excluding tert-OH is 1. The minimum Gasteiger partial charge on any atom is -0.469 e. The molecule has 0 aromatic heterocycles. The van der Waals surface area contributed by atoms with E-state index in [4.69, 9.17) is 11.6 Å². The Bertz CT molecular complexity index is 680. The van der Waals surface area contributed by atoms with E-state index in [1.54, 1.807) is 0 Å². The molecule has 0 spiro atoms. The van der Waals surface area contributed by atoms with Crippen LogP contribution in [0.15, 0.2) is 36.4 Å². The Kier molecular flexibility index (Phi) is 7.19. The van der Waals surface area contributed by atoms with E-state index < -0.39 is 11.7 Å². The summed E-state index contributed by atoms with van der Waals surface area (Å²) in [5, 5.41) is 21.0. The predicted octanol–water partition coefficient (Wildman–Crippen LogP) is 4.42. The van der Waals surface area contributed by atoms with Crippen LogP contribution in [0.5, 0.6) is 0 Å². The summed E-state index contributed by atoms with van der Waals surface area (Å²) in [6.45, 7) is 0. The molecule has 0 amide bonds. The molecular weight excluding hydrogens is 376 g/mol. The molecule has 0 aliphatic heterocycles. The lowest BCUT2D eigenvalue weighted by molar-refractivity contribution is -0.140. The van der Waals surface area contributed by atoms with Gasteiger partial charge in [-0.2, -0.15) is 0 Å². The average molecular weight is 407 g/mol. The van der Waals surface area contributed by atoms with Gasteiger partial charge in [0.25, 0.3) is 0 Å². The number of ether oxygens (including phenoxy) is 1. The highest BCUT2D eigenvalue weighted by Gasteiger charge is 2.42. The van der Waals surface area contributed by atoms with Crippen LogP contribution in [0.2, 0.25) is 0 Å². The topological polar surface area (TPSA) is 66.8 Å². The van der Waals surface area contributed by atoms with E-state index in [0.717, 1.165) is 49.7 Å². The molecule has 0 radical (unpaired) electrons. The van der Waals surface area contributed by atoms with Crippen molar-refractivity contribution in [2.45, 2.75) is 74.4 Å². The van der Waals surface area contributed by atoms with Gasteiger partial charge in [0.2, 0.25) is 0 Å². The fourth-order valence-electron chi connectivity index (χ4n) is 4.48. The van der Waals surface area contributed by atoms with Crippen molar-refractivity contribution in [1.29, 1.82) is 0 Å². The van der Waals surface area contributed by atoms with Gasteiger partial charge in [-0.05, 0) is 62.0 Å². The van der Waals surface area contributed by atoms with Gasteiger partial charge in [0.05, 0.1) is 18.8 Å². The molecule has 2 N–H and O–H groups in total. The summed E-state index contributed by atoms with van der Waals surface area (Å²) in [6.07, 6.45) is 9.92. The predicted molar refractivity (Wildman–Crippen MR) is 110 cm³/mol. The molecule has 2 aliphatic carbocycles. The second-order valence-corrected chi connectivity index (χ2v) is 8.75. The van der Waals surface area contributed by atoms with Gasteiger partial charge in [0.15, 0.2) is 0 Å². The van der Waals surface area contributed by atoms with Crippen molar-refractivity contribution in [2.24, 2.45) is 5.92 Å². The Morgan fingerprint density at radius 2 is 2.00 bits per heavy atom. The maximum atomic E-state index is 11.1. The van der Waals surface area contributed by atoms with Crippen LogP contribution in [0.1, 0.15) is 68.4 Å². The van der Waals surface area contributed by atoms with E-state index in [1.165, 1.54) is 7.11 Å². The molecule has 4 nitrogen and oxygen atoms in total. The second-order valence-electron chi connectivity index (χ2n) is 8.19. The fourth-order valence-corrected chi connectivity index (χ4v) is 4.92. The number of halogens is 1. The first-order chi connectivity index (χ1) is 13.4. The maximum absolute atomic E-state index is 11.1. The van der Waals surface area contributed by atoms with Crippen molar-refractivity contribution in [3.05, 3.63) is 47.5 Å². The molecule has 1 aromatic carbocycles. The SMILES string of the molecule is COC(=O)CCCC=CC[C@@H]1[C@@H](c2ccc(C3(O)CCC3)cc2)[C@H](O)C[C@H]1Cl. The Hall–Kier alpha value is -1.36.